The number of hydrogen-bond acceptors (Lipinski definition) is 8. The standard InChI is InChI=1S/C25H35N7O2/c1-5-25(2,3)21-17-23(31-30-21)28-22-10-11-26-24(29-22)27-18-8-9-19(33-4)20(16-18)34-15-14-32-12-6-7-13-32/h8-11,16-17H,5-7,12-15H2,1-4H3,(H3,26,27,28,29,30,31). The summed E-state index contributed by atoms with van der Waals surface area (Å²) in [6.07, 6.45) is 5.27. The molecule has 0 aliphatic carbocycles. The zero-order chi connectivity index (χ0) is 24.0. The summed E-state index contributed by atoms with van der Waals surface area (Å²) in [7, 11) is 1.65. The number of nitrogens with zero attached hydrogens (tertiary/aromatic N) is 4. The molecule has 3 N–H and O–H groups in total. The van der Waals surface area contributed by atoms with Gasteiger partial charge in [0, 0.05) is 41.7 Å². The molecule has 3 aromatic rings. The van der Waals surface area contributed by atoms with Crippen LogP contribution in [0.15, 0.2) is 36.5 Å². The third-order valence-electron chi connectivity index (χ3n) is 6.39. The highest BCUT2D eigenvalue weighted by atomic mass is 16.5. The molecule has 34 heavy (non-hydrogen) atoms. The van der Waals surface area contributed by atoms with Gasteiger partial charge >= 0.3 is 0 Å². The number of aromatic nitrogens is 4. The van der Waals surface area contributed by atoms with E-state index in [1.54, 1.807) is 13.3 Å². The van der Waals surface area contributed by atoms with Crippen molar-refractivity contribution >= 4 is 23.3 Å². The van der Waals surface area contributed by atoms with Crippen molar-refractivity contribution in [1.82, 2.24) is 25.1 Å². The first-order valence-corrected chi connectivity index (χ1v) is 11.9. The van der Waals surface area contributed by atoms with E-state index < -0.39 is 0 Å². The summed E-state index contributed by atoms with van der Waals surface area (Å²) in [6.45, 7) is 10.4. The maximum atomic E-state index is 6.04. The fourth-order valence-electron chi connectivity index (χ4n) is 3.83. The number of hydrogen-bond donors (Lipinski definition) is 3. The number of likely N-dealkylation sites (tertiary alicyclic amines) is 1. The summed E-state index contributed by atoms with van der Waals surface area (Å²) in [5.41, 5.74) is 1.94. The van der Waals surface area contributed by atoms with Crippen LogP contribution in [0.4, 0.5) is 23.3 Å². The van der Waals surface area contributed by atoms with E-state index in [0.717, 1.165) is 43.3 Å². The fraction of sp³-hybridized carbons (Fsp3) is 0.480. The predicted molar refractivity (Wildman–Crippen MR) is 135 cm³/mol. The molecule has 182 valence electrons. The van der Waals surface area contributed by atoms with Crippen LogP contribution >= 0.6 is 0 Å². The number of benzene rings is 1. The first-order valence-electron chi connectivity index (χ1n) is 11.9. The highest BCUT2D eigenvalue weighted by molar-refractivity contribution is 5.61. The van der Waals surface area contributed by atoms with E-state index in [-0.39, 0.29) is 5.41 Å². The highest BCUT2D eigenvalue weighted by Crippen LogP contribution is 2.31. The molecule has 0 bridgehead atoms. The maximum Gasteiger partial charge on any atom is 0.229 e. The van der Waals surface area contributed by atoms with Crippen molar-refractivity contribution in [2.24, 2.45) is 0 Å². The molecule has 0 spiro atoms. The Hall–Kier alpha value is -3.33. The Kier molecular flexibility index (Phi) is 7.52. The molecule has 1 fully saturated rings. The lowest BCUT2D eigenvalue weighted by Gasteiger charge is -2.19. The minimum atomic E-state index is 0.0357. The number of aromatic amines is 1. The first kappa shape index (κ1) is 23.8. The molecular weight excluding hydrogens is 430 g/mol. The molecule has 9 heteroatoms. The number of H-pyrrole nitrogens is 1. The number of methoxy groups -OCH3 is 1. The summed E-state index contributed by atoms with van der Waals surface area (Å²) in [6, 6.07) is 9.55. The molecule has 0 radical (unpaired) electrons. The van der Waals surface area contributed by atoms with Crippen LogP contribution in [0, 0.1) is 0 Å². The number of anilines is 4. The van der Waals surface area contributed by atoms with Gasteiger partial charge < -0.3 is 20.1 Å². The van der Waals surface area contributed by atoms with Crippen LogP contribution in [0.3, 0.4) is 0 Å². The van der Waals surface area contributed by atoms with Gasteiger partial charge in [-0.25, -0.2) is 4.98 Å². The quantitative estimate of drug-likeness (QED) is 0.369. The van der Waals surface area contributed by atoms with E-state index >= 15 is 0 Å². The second-order valence-electron chi connectivity index (χ2n) is 9.18. The molecule has 1 aliphatic heterocycles. The van der Waals surface area contributed by atoms with Crippen molar-refractivity contribution in [3.63, 3.8) is 0 Å². The van der Waals surface area contributed by atoms with Crippen LogP contribution in [0.1, 0.15) is 45.7 Å². The van der Waals surface area contributed by atoms with E-state index in [1.807, 2.05) is 30.3 Å². The highest BCUT2D eigenvalue weighted by Gasteiger charge is 2.21. The Balaban J connectivity index is 1.41. The fourth-order valence-corrected chi connectivity index (χ4v) is 3.83. The summed E-state index contributed by atoms with van der Waals surface area (Å²) >= 11 is 0. The molecule has 4 rings (SSSR count). The Morgan fingerprint density at radius 1 is 1.06 bits per heavy atom. The van der Waals surface area contributed by atoms with Crippen LogP contribution < -0.4 is 20.1 Å². The molecule has 1 saturated heterocycles. The number of nitrogens with one attached hydrogen (secondary N) is 3. The van der Waals surface area contributed by atoms with Gasteiger partial charge in [0.05, 0.1) is 7.11 Å². The van der Waals surface area contributed by atoms with Gasteiger partial charge in [-0.2, -0.15) is 10.1 Å². The second-order valence-corrected chi connectivity index (χ2v) is 9.18. The molecule has 3 heterocycles. The number of rotatable bonds is 11. The zero-order valence-electron chi connectivity index (χ0n) is 20.5. The van der Waals surface area contributed by atoms with Gasteiger partial charge in [-0.15, -0.1) is 0 Å². The Morgan fingerprint density at radius 2 is 1.88 bits per heavy atom. The molecule has 0 amide bonds. The van der Waals surface area contributed by atoms with Crippen LogP contribution in [0.5, 0.6) is 11.5 Å². The zero-order valence-corrected chi connectivity index (χ0v) is 20.5. The molecule has 0 unspecified atom stereocenters. The van der Waals surface area contributed by atoms with E-state index in [9.17, 15) is 0 Å². The molecule has 0 saturated carbocycles. The molecule has 1 aliphatic rings. The summed E-state index contributed by atoms with van der Waals surface area (Å²) in [5, 5.41) is 14.0. The largest absolute Gasteiger partial charge is 0.493 e. The maximum absolute atomic E-state index is 6.04. The molecule has 9 nitrogen and oxygen atoms in total. The van der Waals surface area contributed by atoms with Crippen LogP contribution in [-0.4, -0.2) is 58.4 Å². The van der Waals surface area contributed by atoms with Crippen molar-refractivity contribution in [3.8, 4) is 11.5 Å². The van der Waals surface area contributed by atoms with Gasteiger partial charge in [0.25, 0.3) is 0 Å². The van der Waals surface area contributed by atoms with Crippen molar-refractivity contribution in [2.45, 2.75) is 45.4 Å². The van der Waals surface area contributed by atoms with Gasteiger partial charge in [0.1, 0.15) is 12.4 Å². The molecule has 0 atom stereocenters. The van der Waals surface area contributed by atoms with Crippen LogP contribution in [-0.2, 0) is 5.41 Å². The monoisotopic (exact) mass is 465 g/mol. The Bertz CT molecular complexity index is 1080. The average Bonchev–Trinajstić information content (AvgIpc) is 3.52. The Labute approximate surface area is 201 Å². The van der Waals surface area contributed by atoms with Gasteiger partial charge in [0.15, 0.2) is 17.3 Å². The van der Waals surface area contributed by atoms with E-state index in [2.05, 4.69) is 56.5 Å². The smallest absolute Gasteiger partial charge is 0.229 e. The van der Waals surface area contributed by atoms with Crippen molar-refractivity contribution in [3.05, 3.63) is 42.2 Å². The van der Waals surface area contributed by atoms with Gasteiger partial charge in [0.2, 0.25) is 5.95 Å². The Morgan fingerprint density at radius 3 is 2.65 bits per heavy atom. The minimum absolute atomic E-state index is 0.0357. The first-order chi connectivity index (χ1) is 16.5. The normalized spacial score (nSPS) is 14.2. The third kappa shape index (κ3) is 5.96. The van der Waals surface area contributed by atoms with Crippen LogP contribution in [0.25, 0.3) is 0 Å². The van der Waals surface area contributed by atoms with E-state index in [4.69, 9.17) is 9.47 Å². The predicted octanol–water partition coefficient (Wildman–Crippen LogP) is 4.86. The molecule has 1 aromatic carbocycles. The van der Waals surface area contributed by atoms with Gasteiger partial charge in [-0.1, -0.05) is 20.8 Å². The summed E-state index contributed by atoms with van der Waals surface area (Å²) in [5.74, 6) is 3.25. The van der Waals surface area contributed by atoms with E-state index in [0.29, 0.717) is 29.9 Å². The second kappa shape index (κ2) is 10.7. The lowest BCUT2D eigenvalue weighted by Crippen LogP contribution is -2.25. The minimum Gasteiger partial charge on any atom is -0.493 e. The summed E-state index contributed by atoms with van der Waals surface area (Å²) in [4.78, 5) is 11.4. The third-order valence-corrected chi connectivity index (χ3v) is 6.39. The average molecular weight is 466 g/mol. The van der Waals surface area contributed by atoms with Crippen LogP contribution in [0.2, 0.25) is 0 Å². The molecule has 2 aromatic heterocycles. The topological polar surface area (TPSA) is 100 Å². The van der Waals surface area contributed by atoms with Gasteiger partial charge in [-0.05, 0) is 50.6 Å². The SMILES string of the molecule is CCC(C)(C)c1cc(Nc2ccnc(Nc3ccc(OC)c(OCCN4CCCC4)c3)n2)n[nH]1. The van der Waals surface area contributed by atoms with E-state index in [1.165, 1.54) is 12.8 Å². The number of ether oxygens (including phenoxy) is 2. The summed E-state index contributed by atoms with van der Waals surface area (Å²) < 4.78 is 11.5. The lowest BCUT2D eigenvalue weighted by atomic mass is 9.87. The lowest BCUT2D eigenvalue weighted by molar-refractivity contribution is 0.230. The van der Waals surface area contributed by atoms with Crippen molar-refractivity contribution in [1.29, 1.82) is 0 Å². The molecular formula is C25H35N7O2. The van der Waals surface area contributed by atoms with Crippen molar-refractivity contribution in [2.75, 3.05) is 44.0 Å². The van der Waals surface area contributed by atoms with Gasteiger partial charge in [-0.3, -0.25) is 10.00 Å². The van der Waals surface area contributed by atoms with Crippen molar-refractivity contribution < 1.29 is 9.47 Å².